The lowest BCUT2D eigenvalue weighted by atomic mass is 10.0. The van der Waals surface area contributed by atoms with Crippen molar-refractivity contribution in [1.82, 2.24) is 0 Å². The quantitative estimate of drug-likeness (QED) is 0.658. The molecule has 1 aromatic rings. The first kappa shape index (κ1) is 12.1. The van der Waals surface area contributed by atoms with Crippen LogP contribution in [-0.2, 0) is 17.6 Å². The fraction of sp³-hybridized carbons (Fsp3) is 0.364. The molecule has 0 aliphatic heterocycles. The molecule has 82 valence electrons. The summed E-state index contributed by atoms with van der Waals surface area (Å²) in [5.41, 5.74) is 7.68. The molecule has 0 bridgehead atoms. The van der Waals surface area contributed by atoms with E-state index in [1.165, 1.54) is 0 Å². The molecule has 0 fully saturated rings. The van der Waals surface area contributed by atoms with Gasteiger partial charge >= 0.3 is 5.97 Å². The number of aliphatic carboxylic acids is 1. The fourth-order valence-electron chi connectivity index (χ4n) is 1.34. The molecule has 0 aromatic heterocycles. The van der Waals surface area contributed by atoms with Crippen LogP contribution in [0.15, 0.2) is 24.3 Å². The zero-order chi connectivity index (χ0) is 11.3. The van der Waals surface area contributed by atoms with E-state index in [1.807, 2.05) is 24.3 Å². The number of hydrogen-bond donors (Lipinski definition) is 3. The lowest BCUT2D eigenvalue weighted by Crippen LogP contribution is -2.24. The van der Waals surface area contributed by atoms with Crippen molar-refractivity contribution in [2.24, 2.45) is 5.73 Å². The Hall–Kier alpha value is -1.00. The maximum atomic E-state index is 10.4. The average Bonchev–Trinajstić information content (AvgIpc) is 2.20. The second-order valence-electron chi connectivity index (χ2n) is 3.53. The van der Waals surface area contributed by atoms with Gasteiger partial charge in [-0.1, -0.05) is 24.3 Å². The normalized spacial score (nSPS) is 12.4. The minimum Gasteiger partial charge on any atom is -0.481 e. The molecule has 15 heavy (non-hydrogen) atoms. The van der Waals surface area contributed by atoms with Crippen LogP contribution in [0.5, 0.6) is 0 Å². The van der Waals surface area contributed by atoms with Crippen molar-refractivity contribution in [1.29, 1.82) is 0 Å². The molecule has 0 aliphatic carbocycles. The van der Waals surface area contributed by atoms with Crippen molar-refractivity contribution in [3.8, 4) is 0 Å². The lowest BCUT2D eigenvalue weighted by Gasteiger charge is -2.08. The highest BCUT2D eigenvalue weighted by molar-refractivity contribution is 7.80. The summed E-state index contributed by atoms with van der Waals surface area (Å²) < 4.78 is 0. The highest BCUT2D eigenvalue weighted by Gasteiger charge is 2.03. The lowest BCUT2D eigenvalue weighted by molar-refractivity contribution is -0.136. The predicted molar refractivity (Wildman–Crippen MR) is 63.3 cm³/mol. The van der Waals surface area contributed by atoms with Gasteiger partial charge in [-0.2, -0.15) is 12.6 Å². The number of carboxylic acid groups (broad SMARTS) is 1. The van der Waals surface area contributed by atoms with Crippen LogP contribution >= 0.6 is 12.6 Å². The number of hydrogen-bond acceptors (Lipinski definition) is 3. The summed E-state index contributed by atoms with van der Waals surface area (Å²) in [7, 11) is 0. The number of nitrogens with two attached hydrogens (primary N) is 1. The Balaban J connectivity index is 2.60. The molecule has 0 unspecified atom stereocenters. The maximum Gasteiger partial charge on any atom is 0.307 e. The number of thiol groups is 1. The molecule has 1 atom stereocenters. The Bertz CT molecular complexity index is 324. The number of benzene rings is 1. The van der Waals surface area contributed by atoms with Crippen LogP contribution in [0.1, 0.15) is 11.1 Å². The predicted octanol–water partition coefficient (Wildman–Crippen LogP) is 1.11. The molecular weight excluding hydrogens is 210 g/mol. The molecule has 0 amide bonds. The van der Waals surface area contributed by atoms with E-state index in [1.54, 1.807) is 0 Å². The van der Waals surface area contributed by atoms with Crippen molar-refractivity contribution in [3.63, 3.8) is 0 Å². The van der Waals surface area contributed by atoms with Gasteiger partial charge in [0.25, 0.3) is 0 Å². The smallest absolute Gasteiger partial charge is 0.307 e. The average molecular weight is 225 g/mol. The number of carbonyl (C=O) groups is 1. The zero-order valence-corrected chi connectivity index (χ0v) is 9.28. The molecule has 3 nitrogen and oxygen atoms in total. The van der Waals surface area contributed by atoms with Gasteiger partial charge in [0.2, 0.25) is 0 Å². The molecule has 4 heteroatoms. The molecule has 1 rings (SSSR count). The summed E-state index contributed by atoms with van der Waals surface area (Å²) in [5, 5.41) is 8.59. The van der Waals surface area contributed by atoms with Crippen molar-refractivity contribution < 1.29 is 9.90 Å². The van der Waals surface area contributed by atoms with Crippen molar-refractivity contribution >= 4 is 18.6 Å². The molecule has 0 radical (unpaired) electrons. The monoisotopic (exact) mass is 225 g/mol. The van der Waals surface area contributed by atoms with E-state index in [9.17, 15) is 4.79 Å². The summed E-state index contributed by atoms with van der Waals surface area (Å²) in [5.74, 6) is -0.161. The molecular formula is C11H15NO2S. The number of carboxylic acids is 1. The van der Waals surface area contributed by atoms with Crippen LogP contribution < -0.4 is 5.73 Å². The minimum atomic E-state index is -0.810. The van der Waals surface area contributed by atoms with Crippen molar-refractivity contribution in [2.75, 3.05) is 5.75 Å². The van der Waals surface area contributed by atoms with E-state index < -0.39 is 5.97 Å². The summed E-state index contributed by atoms with van der Waals surface area (Å²) >= 11 is 4.11. The highest BCUT2D eigenvalue weighted by atomic mass is 32.1. The summed E-state index contributed by atoms with van der Waals surface area (Å²) in [6.07, 6.45) is 0.843. The van der Waals surface area contributed by atoms with E-state index in [0.717, 1.165) is 17.5 Å². The van der Waals surface area contributed by atoms with Crippen LogP contribution in [0.4, 0.5) is 0 Å². The maximum absolute atomic E-state index is 10.4. The molecule has 0 heterocycles. The number of rotatable bonds is 5. The topological polar surface area (TPSA) is 63.3 Å². The third-order valence-electron chi connectivity index (χ3n) is 2.11. The minimum absolute atomic E-state index is 0.0543. The summed E-state index contributed by atoms with van der Waals surface area (Å²) in [6.45, 7) is 0. The third-order valence-corrected chi connectivity index (χ3v) is 2.58. The zero-order valence-electron chi connectivity index (χ0n) is 8.39. The molecule has 0 saturated heterocycles. The van der Waals surface area contributed by atoms with E-state index in [-0.39, 0.29) is 12.5 Å². The highest BCUT2D eigenvalue weighted by Crippen LogP contribution is 2.07. The Morgan fingerprint density at radius 2 is 1.87 bits per heavy atom. The Kier molecular flexibility index (Phi) is 4.65. The van der Waals surface area contributed by atoms with Crippen LogP contribution in [-0.4, -0.2) is 22.9 Å². The van der Waals surface area contributed by atoms with Crippen molar-refractivity contribution in [3.05, 3.63) is 35.4 Å². The van der Waals surface area contributed by atoms with Crippen LogP contribution in [0, 0.1) is 0 Å². The van der Waals surface area contributed by atoms with Crippen LogP contribution in [0.25, 0.3) is 0 Å². The summed E-state index contributed by atoms with van der Waals surface area (Å²) in [4.78, 5) is 10.4. The Morgan fingerprint density at radius 3 is 2.33 bits per heavy atom. The first-order chi connectivity index (χ1) is 7.11. The van der Waals surface area contributed by atoms with Gasteiger partial charge in [-0.25, -0.2) is 0 Å². The van der Waals surface area contributed by atoms with Crippen LogP contribution in [0.2, 0.25) is 0 Å². The largest absolute Gasteiger partial charge is 0.481 e. The standard InChI is InChI=1S/C11H15NO2S/c12-10(7-15)5-8-1-3-9(4-2-8)6-11(13)14/h1-4,10,15H,5-7,12H2,(H,13,14)/t10-/m0/s1. The molecule has 0 saturated carbocycles. The van der Waals surface area contributed by atoms with E-state index in [2.05, 4.69) is 12.6 Å². The van der Waals surface area contributed by atoms with Gasteiger partial charge in [-0.05, 0) is 17.5 Å². The second-order valence-corrected chi connectivity index (χ2v) is 3.90. The van der Waals surface area contributed by atoms with Crippen molar-refractivity contribution in [2.45, 2.75) is 18.9 Å². The van der Waals surface area contributed by atoms with Gasteiger partial charge in [0.1, 0.15) is 0 Å². The molecule has 0 aliphatic rings. The SMILES string of the molecule is N[C@H](CS)Cc1ccc(CC(=O)O)cc1. The van der Waals surface area contributed by atoms with E-state index in [4.69, 9.17) is 10.8 Å². The van der Waals surface area contributed by atoms with Gasteiger partial charge in [0.15, 0.2) is 0 Å². The molecule has 3 N–H and O–H groups in total. The molecule has 0 spiro atoms. The van der Waals surface area contributed by atoms with Gasteiger partial charge in [0, 0.05) is 11.8 Å². The van der Waals surface area contributed by atoms with Gasteiger partial charge in [0.05, 0.1) is 6.42 Å². The van der Waals surface area contributed by atoms with Gasteiger partial charge < -0.3 is 10.8 Å². The van der Waals surface area contributed by atoms with E-state index >= 15 is 0 Å². The van der Waals surface area contributed by atoms with Gasteiger partial charge in [-0.15, -0.1) is 0 Å². The Morgan fingerprint density at radius 1 is 1.33 bits per heavy atom. The van der Waals surface area contributed by atoms with E-state index in [0.29, 0.717) is 5.75 Å². The first-order valence-corrected chi connectivity index (χ1v) is 5.41. The van der Waals surface area contributed by atoms with Crippen LogP contribution in [0.3, 0.4) is 0 Å². The first-order valence-electron chi connectivity index (χ1n) is 4.78. The van der Waals surface area contributed by atoms with Gasteiger partial charge in [-0.3, -0.25) is 4.79 Å². The summed E-state index contributed by atoms with van der Waals surface area (Å²) in [6, 6.07) is 7.55. The third kappa shape index (κ3) is 4.36. The molecule has 1 aromatic carbocycles. The fourth-order valence-corrected chi connectivity index (χ4v) is 1.46. The second kappa shape index (κ2) is 5.78. The Labute approximate surface area is 94.7 Å².